The van der Waals surface area contributed by atoms with Crippen LogP contribution in [0.3, 0.4) is 0 Å². The molecule has 0 atom stereocenters. The molecule has 0 unspecified atom stereocenters. The first-order valence-electron chi connectivity index (χ1n) is 9.97. The van der Waals surface area contributed by atoms with E-state index in [1.165, 1.54) is 42.8 Å². The summed E-state index contributed by atoms with van der Waals surface area (Å²) >= 11 is 3.79. The lowest BCUT2D eigenvalue weighted by Gasteiger charge is -2.11. The average molecular weight is 425 g/mol. The molecular formula is C28H24S2. The monoisotopic (exact) mass is 424 g/mol. The SMILES string of the molecule is C=Cc1cccc(CSc2cccc3c(SCc4cccc(C=C)c4)cccc23)c1. The van der Waals surface area contributed by atoms with Crippen LogP contribution in [-0.4, -0.2) is 0 Å². The first-order chi connectivity index (χ1) is 14.8. The van der Waals surface area contributed by atoms with E-state index in [4.69, 9.17) is 0 Å². The van der Waals surface area contributed by atoms with Crippen LogP contribution in [0.4, 0.5) is 0 Å². The van der Waals surface area contributed by atoms with Gasteiger partial charge >= 0.3 is 0 Å². The largest absolute Gasteiger partial charge is 0.121 e. The molecule has 148 valence electrons. The molecule has 0 amide bonds. The van der Waals surface area contributed by atoms with Crippen molar-refractivity contribution in [2.45, 2.75) is 21.3 Å². The van der Waals surface area contributed by atoms with Crippen LogP contribution in [0.1, 0.15) is 22.3 Å². The number of fused-ring (bicyclic) bond motifs is 1. The lowest BCUT2D eigenvalue weighted by Crippen LogP contribution is -1.86. The summed E-state index contributed by atoms with van der Waals surface area (Å²) in [7, 11) is 0. The molecule has 30 heavy (non-hydrogen) atoms. The number of hydrogen-bond donors (Lipinski definition) is 0. The molecule has 0 bridgehead atoms. The van der Waals surface area contributed by atoms with Crippen LogP contribution >= 0.6 is 23.5 Å². The Labute approximate surface area is 187 Å². The second-order valence-corrected chi connectivity index (χ2v) is 9.12. The van der Waals surface area contributed by atoms with Crippen LogP contribution in [0.25, 0.3) is 22.9 Å². The molecule has 0 spiro atoms. The van der Waals surface area contributed by atoms with E-state index in [1.807, 2.05) is 35.7 Å². The van der Waals surface area contributed by atoms with E-state index in [0.717, 1.165) is 11.5 Å². The van der Waals surface area contributed by atoms with E-state index in [9.17, 15) is 0 Å². The molecule has 0 aromatic heterocycles. The summed E-state index contributed by atoms with van der Waals surface area (Å²) in [6, 6.07) is 30.5. The van der Waals surface area contributed by atoms with Crippen molar-refractivity contribution in [2.75, 3.05) is 0 Å². The summed E-state index contributed by atoms with van der Waals surface area (Å²) in [5.74, 6) is 1.90. The molecule has 0 aliphatic rings. The molecule has 0 nitrogen and oxygen atoms in total. The van der Waals surface area contributed by atoms with Gasteiger partial charge in [0.05, 0.1) is 0 Å². The summed E-state index contributed by atoms with van der Waals surface area (Å²) in [4.78, 5) is 2.65. The van der Waals surface area contributed by atoms with E-state index < -0.39 is 0 Å². The Morgan fingerprint density at radius 3 is 1.43 bits per heavy atom. The summed E-state index contributed by atoms with van der Waals surface area (Å²) in [5, 5.41) is 2.65. The van der Waals surface area contributed by atoms with Gasteiger partial charge in [-0.15, -0.1) is 23.5 Å². The topological polar surface area (TPSA) is 0 Å². The zero-order chi connectivity index (χ0) is 20.8. The maximum absolute atomic E-state index is 3.88. The van der Waals surface area contributed by atoms with Gasteiger partial charge in [0, 0.05) is 21.3 Å². The summed E-state index contributed by atoms with van der Waals surface area (Å²) in [5.41, 5.74) is 4.99. The maximum atomic E-state index is 3.88. The Bertz CT molecular complexity index is 1100. The molecule has 0 saturated heterocycles. The van der Waals surface area contributed by atoms with Gasteiger partial charge in [0.25, 0.3) is 0 Å². The van der Waals surface area contributed by atoms with E-state index in [2.05, 4.69) is 98.1 Å². The van der Waals surface area contributed by atoms with E-state index in [-0.39, 0.29) is 0 Å². The Hall–Kier alpha value is -2.68. The van der Waals surface area contributed by atoms with Gasteiger partial charge in [-0.1, -0.05) is 98.1 Å². The second-order valence-electron chi connectivity index (χ2n) is 7.08. The quantitative estimate of drug-likeness (QED) is 0.259. The van der Waals surface area contributed by atoms with Crippen LogP contribution < -0.4 is 0 Å². The molecule has 4 rings (SSSR count). The fraction of sp³-hybridized carbons (Fsp3) is 0.0714. The third-order valence-corrected chi connectivity index (χ3v) is 7.29. The van der Waals surface area contributed by atoms with Gasteiger partial charge in [0.1, 0.15) is 0 Å². The highest BCUT2D eigenvalue weighted by molar-refractivity contribution is 7.99. The summed E-state index contributed by atoms with van der Waals surface area (Å²) < 4.78 is 0. The van der Waals surface area contributed by atoms with Crippen molar-refractivity contribution in [2.24, 2.45) is 0 Å². The van der Waals surface area contributed by atoms with E-state index in [0.29, 0.717) is 0 Å². The van der Waals surface area contributed by atoms with Crippen molar-refractivity contribution in [1.82, 2.24) is 0 Å². The number of rotatable bonds is 8. The predicted octanol–water partition coefficient (Wildman–Crippen LogP) is 8.71. The van der Waals surface area contributed by atoms with Crippen LogP contribution in [0.2, 0.25) is 0 Å². The highest BCUT2D eigenvalue weighted by Crippen LogP contribution is 2.36. The predicted molar refractivity (Wildman–Crippen MR) is 136 cm³/mol. The zero-order valence-electron chi connectivity index (χ0n) is 16.9. The number of benzene rings is 4. The third kappa shape index (κ3) is 4.89. The van der Waals surface area contributed by atoms with Gasteiger partial charge < -0.3 is 0 Å². The van der Waals surface area contributed by atoms with Gasteiger partial charge in [-0.05, 0) is 45.2 Å². The fourth-order valence-electron chi connectivity index (χ4n) is 3.45. The average Bonchev–Trinajstić information content (AvgIpc) is 2.81. The summed E-state index contributed by atoms with van der Waals surface area (Å²) in [6.07, 6.45) is 3.81. The second kappa shape index (κ2) is 9.88. The Morgan fingerprint density at radius 1 is 0.567 bits per heavy atom. The van der Waals surface area contributed by atoms with Crippen molar-refractivity contribution in [3.63, 3.8) is 0 Å². The van der Waals surface area contributed by atoms with Crippen LogP contribution in [-0.2, 0) is 11.5 Å². The van der Waals surface area contributed by atoms with E-state index in [1.54, 1.807) is 0 Å². The Balaban J connectivity index is 1.54. The smallest absolute Gasteiger partial charge is 0.0232 e. The molecular weight excluding hydrogens is 400 g/mol. The lowest BCUT2D eigenvalue weighted by molar-refractivity contribution is 1.38. The zero-order valence-corrected chi connectivity index (χ0v) is 18.5. The van der Waals surface area contributed by atoms with Crippen molar-refractivity contribution in [3.05, 3.63) is 120 Å². The van der Waals surface area contributed by atoms with Gasteiger partial charge in [-0.2, -0.15) is 0 Å². The highest BCUT2D eigenvalue weighted by atomic mass is 32.2. The standard InChI is InChI=1S/C28H24S2/c1-3-21-9-5-11-23(17-21)19-29-27-15-7-14-26-25(27)13-8-16-28(26)30-20-24-12-6-10-22(4-2)18-24/h3-18H,1-2,19-20H2. The van der Waals surface area contributed by atoms with Crippen LogP contribution in [0.5, 0.6) is 0 Å². The molecule has 0 aliphatic carbocycles. The molecule has 4 aromatic rings. The molecule has 0 fully saturated rings. The van der Waals surface area contributed by atoms with Crippen molar-refractivity contribution < 1.29 is 0 Å². The lowest BCUT2D eigenvalue weighted by atomic mass is 10.1. The minimum atomic E-state index is 0.951. The van der Waals surface area contributed by atoms with E-state index >= 15 is 0 Å². The maximum Gasteiger partial charge on any atom is 0.0232 e. The van der Waals surface area contributed by atoms with Gasteiger partial charge in [-0.3, -0.25) is 0 Å². The number of hydrogen-bond acceptors (Lipinski definition) is 2. The van der Waals surface area contributed by atoms with Crippen molar-refractivity contribution >= 4 is 46.4 Å². The minimum absolute atomic E-state index is 0.951. The molecule has 0 N–H and O–H groups in total. The summed E-state index contributed by atoms with van der Waals surface area (Å²) in [6.45, 7) is 7.75. The molecule has 0 heterocycles. The van der Waals surface area contributed by atoms with Crippen LogP contribution in [0, 0.1) is 0 Å². The van der Waals surface area contributed by atoms with Crippen molar-refractivity contribution in [1.29, 1.82) is 0 Å². The van der Waals surface area contributed by atoms with Crippen LogP contribution in [0.15, 0.2) is 108 Å². The molecule has 0 radical (unpaired) electrons. The Morgan fingerprint density at radius 2 is 1.00 bits per heavy atom. The molecule has 0 saturated carbocycles. The molecule has 0 aliphatic heterocycles. The van der Waals surface area contributed by atoms with Crippen molar-refractivity contribution in [3.8, 4) is 0 Å². The fourth-order valence-corrected chi connectivity index (χ4v) is 5.47. The Kier molecular flexibility index (Phi) is 6.78. The first-order valence-corrected chi connectivity index (χ1v) is 11.9. The molecule has 2 heteroatoms. The normalized spacial score (nSPS) is 10.8. The van der Waals surface area contributed by atoms with Gasteiger partial charge in [0.2, 0.25) is 0 Å². The highest BCUT2D eigenvalue weighted by Gasteiger charge is 2.07. The third-order valence-electron chi connectivity index (χ3n) is 5.00. The molecule has 4 aromatic carbocycles. The number of thioether (sulfide) groups is 2. The van der Waals surface area contributed by atoms with Gasteiger partial charge in [-0.25, -0.2) is 0 Å². The first kappa shape index (κ1) is 20.6. The minimum Gasteiger partial charge on any atom is -0.121 e. The van der Waals surface area contributed by atoms with Gasteiger partial charge in [0.15, 0.2) is 0 Å².